The number of amides is 1. The maximum Gasteiger partial charge on any atom is 0.306 e. The molecule has 2 unspecified atom stereocenters. The third kappa shape index (κ3) is 6.29. The SMILES string of the molecule is CC[C@@H](CN(C)S(=O)(=O)C1CC1)N1C(=O)[C@@](C)(CC(=O)OC)CC(c2cccc(Cl)c2)C1c1ccc(Cl)cc1. The molecule has 39 heavy (non-hydrogen) atoms. The number of piperidine rings is 1. The number of benzene rings is 2. The van der Waals surface area contributed by atoms with Crippen molar-refractivity contribution < 1.29 is 22.7 Å². The summed E-state index contributed by atoms with van der Waals surface area (Å²) in [6, 6.07) is 14.1. The maximum absolute atomic E-state index is 14.5. The minimum absolute atomic E-state index is 0.0874. The zero-order chi connectivity index (χ0) is 28.5. The van der Waals surface area contributed by atoms with Crippen LogP contribution in [-0.2, 0) is 24.3 Å². The molecule has 1 heterocycles. The quantitative estimate of drug-likeness (QED) is 0.323. The van der Waals surface area contributed by atoms with Gasteiger partial charge < -0.3 is 9.64 Å². The van der Waals surface area contributed by atoms with Gasteiger partial charge in [0.2, 0.25) is 15.9 Å². The Hall–Kier alpha value is -2.13. The standard InChI is InChI=1S/C29H36Cl2N2O5S/c1-5-23(18-32(3)39(36,37)24-13-14-24)33-27(19-9-11-21(30)12-10-19)25(20-7-6-8-22(31)15-20)16-29(2,28(33)35)17-26(34)38-4/h6-12,15,23-25,27H,5,13-14,16-18H2,1-4H3/t23-,25?,27?,29+/m0/s1. The fourth-order valence-corrected chi connectivity index (χ4v) is 7.72. The summed E-state index contributed by atoms with van der Waals surface area (Å²) in [6.07, 6.45) is 2.14. The van der Waals surface area contributed by atoms with Crippen LogP contribution in [0.2, 0.25) is 10.0 Å². The van der Waals surface area contributed by atoms with Crippen molar-refractivity contribution >= 4 is 45.1 Å². The first-order valence-corrected chi connectivity index (χ1v) is 15.5. The van der Waals surface area contributed by atoms with Crippen LogP contribution in [0.15, 0.2) is 48.5 Å². The zero-order valence-electron chi connectivity index (χ0n) is 22.8. The molecule has 7 nitrogen and oxygen atoms in total. The van der Waals surface area contributed by atoms with Crippen LogP contribution in [0.25, 0.3) is 0 Å². The second-order valence-electron chi connectivity index (χ2n) is 11.0. The summed E-state index contributed by atoms with van der Waals surface area (Å²) in [5.41, 5.74) is 0.749. The highest BCUT2D eigenvalue weighted by atomic mass is 35.5. The lowest BCUT2D eigenvalue weighted by Crippen LogP contribution is -2.58. The Bertz CT molecular complexity index is 1320. The minimum atomic E-state index is -3.45. The fraction of sp³-hybridized carbons (Fsp3) is 0.517. The molecule has 0 bridgehead atoms. The molecular weight excluding hydrogens is 559 g/mol. The molecule has 1 aliphatic heterocycles. The number of nitrogens with zero attached hydrogens (tertiary/aromatic N) is 2. The molecule has 1 saturated carbocycles. The van der Waals surface area contributed by atoms with Crippen molar-refractivity contribution in [2.24, 2.45) is 5.41 Å². The van der Waals surface area contributed by atoms with E-state index in [1.165, 1.54) is 11.4 Å². The lowest BCUT2D eigenvalue weighted by atomic mass is 9.67. The van der Waals surface area contributed by atoms with Crippen molar-refractivity contribution in [2.75, 3.05) is 20.7 Å². The van der Waals surface area contributed by atoms with Crippen molar-refractivity contribution in [3.8, 4) is 0 Å². The Morgan fingerprint density at radius 3 is 2.36 bits per heavy atom. The normalized spacial score (nSPS) is 24.6. The van der Waals surface area contributed by atoms with E-state index in [9.17, 15) is 18.0 Å². The first kappa shape index (κ1) is 29.8. The Kier molecular flexibility index (Phi) is 9.01. The maximum atomic E-state index is 14.5. The molecule has 2 fully saturated rings. The Balaban J connectivity index is 1.86. The van der Waals surface area contributed by atoms with Gasteiger partial charge in [-0.25, -0.2) is 12.7 Å². The van der Waals surface area contributed by atoms with Gasteiger partial charge in [0.05, 0.1) is 30.2 Å². The monoisotopic (exact) mass is 594 g/mol. The van der Waals surface area contributed by atoms with E-state index in [1.807, 2.05) is 42.2 Å². The number of hydrogen-bond acceptors (Lipinski definition) is 5. The average Bonchev–Trinajstić information content (AvgIpc) is 3.75. The summed E-state index contributed by atoms with van der Waals surface area (Å²) < 4.78 is 32.5. The molecule has 1 aliphatic carbocycles. The summed E-state index contributed by atoms with van der Waals surface area (Å²) in [6.45, 7) is 3.91. The van der Waals surface area contributed by atoms with Crippen LogP contribution in [0, 0.1) is 5.41 Å². The molecule has 2 aromatic carbocycles. The highest BCUT2D eigenvalue weighted by Crippen LogP contribution is 2.52. The molecule has 0 radical (unpaired) electrons. The summed E-state index contributed by atoms with van der Waals surface area (Å²) in [4.78, 5) is 28.8. The smallest absolute Gasteiger partial charge is 0.306 e. The van der Waals surface area contributed by atoms with Crippen LogP contribution >= 0.6 is 23.2 Å². The van der Waals surface area contributed by atoms with E-state index in [-0.39, 0.29) is 30.0 Å². The second kappa shape index (κ2) is 11.8. The van der Waals surface area contributed by atoms with Gasteiger partial charge in [0, 0.05) is 35.6 Å². The molecule has 4 rings (SSSR count). The number of hydrogen-bond donors (Lipinski definition) is 0. The van der Waals surface area contributed by atoms with Crippen LogP contribution in [0.1, 0.15) is 69.0 Å². The molecule has 2 aliphatic rings. The predicted octanol–water partition coefficient (Wildman–Crippen LogP) is 5.82. The number of halogens is 2. The third-order valence-electron chi connectivity index (χ3n) is 8.07. The van der Waals surface area contributed by atoms with E-state index >= 15 is 0 Å². The Labute approximate surface area is 241 Å². The van der Waals surface area contributed by atoms with Gasteiger partial charge in [0.25, 0.3) is 0 Å². The molecule has 1 saturated heterocycles. The van der Waals surface area contributed by atoms with Gasteiger partial charge in [-0.15, -0.1) is 0 Å². The van der Waals surface area contributed by atoms with E-state index < -0.39 is 33.5 Å². The Morgan fingerprint density at radius 2 is 1.79 bits per heavy atom. The number of methoxy groups -OCH3 is 1. The van der Waals surface area contributed by atoms with Crippen LogP contribution < -0.4 is 0 Å². The first-order chi connectivity index (χ1) is 18.4. The van der Waals surface area contributed by atoms with Gasteiger partial charge in [0.15, 0.2) is 0 Å². The third-order valence-corrected chi connectivity index (χ3v) is 10.9. The van der Waals surface area contributed by atoms with E-state index in [0.29, 0.717) is 35.7 Å². The summed E-state index contributed by atoms with van der Waals surface area (Å²) in [5, 5.41) is 0.792. The predicted molar refractivity (Wildman–Crippen MR) is 153 cm³/mol. The number of carbonyl (C=O) groups excluding carboxylic acids is 2. The number of sulfonamides is 1. The van der Waals surface area contributed by atoms with Crippen molar-refractivity contribution in [1.82, 2.24) is 9.21 Å². The molecule has 0 N–H and O–H groups in total. The van der Waals surface area contributed by atoms with E-state index in [0.717, 1.165) is 11.1 Å². The molecule has 212 valence electrons. The van der Waals surface area contributed by atoms with Crippen molar-refractivity contribution in [1.29, 1.82) is 0 Å². The highest BCUT2D eigenvalue weighted by Gasteiger charge is 2.53. The largest absolute Gasteiger partial charge is 0.469 e. The zero-order valence-corrected chi connectivity index (χ0v) is 25.1. The van der Waals surface area contributed by atoms with Gasteiger partial charge in [-0.3, -0.25) is 9.59 Å². The Morgan fingerprint density at radius 1 is 1.13 bits per heavy atom. The first-order valence-electron chi connectivity index (χ1n) is 13.3. The number of ether oxygens (including phenoxy) is 1. The molecular formula is C29H36Cl2N2O5S. The van der Waals surface area contributed by atoms with Crippen molar-refractivity contribution in [2.45, 2.75) is 69.2 Å². The number of likely N-dealkylation sites (N-methyl/N-ethyl adjacent to an activating group) is 1. The number of esters is 1. The number of rotatable bonds is 10. The molecule has 4 atom stereocenters. The summed E-state index contributed by atoms with van der Waals surface area (Å²) in [5.74, 6) is -0.895. The molecule has 2 aromatic rings. The summed E-state index contributed by atoms with van der Waals surface area (Å²) in [7, 11) is -0.550. The number of carbonyl (C=O) groups is 2. The fourth-order valence-electron chi connectivity index (χ4n) is 5.77. The van der Waals surface area contributed by atoms with Gasteiger partial charge >= 0.3 is 5.97 Å². The van der Waals surface area contributed by atoms with Crippen molar-refractivity contribution in [3.63, 3.8) is 0 Å². The highest BCUT2D eigenvalue weighted by molar-refractivity contribution is 7.90. The number of likely N-dealkylation sites (tertiary alicyclic amines) is 1. The lowest BCUT2D eigenvalue weighted by Gasteiger charge is -2.52. The van der Waals surface area contributed by atoms with Crippen LogP contribution in [0.5, 0.6) is 0 Å². The summed E-state index contributed by atoms with van der Waals surface area (Å²) >= 11 is 12.7. The molecule has 0 spiro atoms. The van der Waals surface area contributed by atoms with E-state index in [4.69, 9.17) is 27.9 Å². The average molecular weight is 596 g/mol. The molecule has 0 aromatic heterocycles. The van der Waals surface area contributed by atoms with E-state index in [2.05, 4.69) is 0 Å². The van der Waals surface area contributed by atoms with Gasteiger partial charge in [-0.1, -0.05) is 61.3 Å². The molecule has 10 heteroatoms. The van der Waals surface area contributed by atoms with Gasteiger partial charge in [-0.05, 0) is 61.1 Å². The van der Waals surface area contributed by atoms with Gasteiger partial charge in [-0.2, -0.15) is 0 Å². The second-order valence-corrected chi connectivity index (χ2v) is 14.2. The van der Waals surface area contributed by atoms with E-state index in [1.54, 1.807) is 32.2 Å². The topological polar surface area (TPSA) is 84.0 Å². The molecule has 1 amide bonds. The lowest BCUT2D eigenvalue weighted by molar-refractivity contribution is -0.161. The van der Waals surface area contributed by atoms with Gasteiger partial charge in [0.1, 0.15) is 0 Å². The van der Waals surface area contributed by atoms with Crippen LogP contribution in [0.3, 0.4) is 0 Å². The van der Waals surface area contributed by atoms with Crippen molar-refractivity contribution in [3.05, 3.63) is 69.7 Å². The van der Waals surface area contributed by atoms with Crippen LogP contribution in [0.4, 0.5) is 0 Å². The van der Waals surface area contributed by atoms with Crippen LogP contribution in [-0.4, -0.2) is 61.5 Å². The minimum Gasteiger partial charge on any atom is -0.469 e.